The Morgan fingerprint density at radius 2 is 1.87 bits per heavy atom. The van der Waals surface area contributed by atoms with Crippen molar-refractivity contribution in [1.82, 2.24) is 4.90 Å². The van der Waals surface area contributed by atoms with E-state index in [0.29, 0.717) is 6.54 Å². The average Bonchev–Trinajstić information content (AvgIpc) is 2.79. The first-order valence-corrected chi connectivity index (χ1v) is 5.48. The summed E-state index contributed by atoms with van der Waals surface area (Å²) < 4.78 is 36.9. The number of nitrogens with zero attached hydrogens (tertiary/aromatic N) is 1. The predicted octanol–water partition coefficient (Wildman–Crippen LogP) is 1.89. The van der Waals surface area contributed by atoms with Crippen molar-refractivity contribution in [3.05, 3.63) is 0 Å². The van der Waals surface area contributed by atoms with Crippen LogP contribution >= 0.6 is 0 Å². The molecular formula is C10H17F3N2. The molecule has 0 bridgehead atoms. The van der Waals surface area contributed by atoms with Gasteiger partial charge in [-0.1, -0.05) is 0 Å². The lowest BCUT2D eigenvalue weighted by Gasteiger charge is -2.42. The summed E-state index contributed by atoms with van der Waals surface area (Å²) in [5.41, 5.74) is 5.64. The van der Waals surface area contributed by atoms with Crippen LogP contribution in [0, 0.1) is 0 Å². The van der Waals surface area contributed by atoms with Crippen LogP contribution in [0.1, 0.15) is 32.1 Å². The average molecular weight is 222 g/mol. The highest BCUT2D eigenvalue weighted by molar-refractivity contribution is 4.98. The van der Waals surface area contributed by atoms with E-state index in [1.807, 2.05) is 0 Å². The van der Waals surface area contributed by atoms with Crippen LogP contribution in [0.15, 0.2) is 0 Å². The van der Waals surface area contributed by atoms with Crippen molar-refractivity contribution in [2.24, 2.45) is 5.73 Å². The number of nitrogens with two attached hydrogens (primary N) is 1. The maximum absolute atomic E-state index is 12.3. The molecule has 88 valence electrons. The second kappa shape index (κ2) is 3.63. The molecule has 0 atom stereocenters. The van der Waals surface area contributed by atoms with Crippen molar-refractivity contribution in [2.45, 2.75) is 49.9 Å². The van der Waals surface area contributed by atoms with E-state index in [1.165, 1.54) is 4.90 Å². The molecule has 0 aromatic rings. The molecule has 2 N–H and O–H groups in total. The minimum absolute atomic E-state index is 0.132. The van der Waals surface area contributed by atoms with Gasteiger partial charge in [-0.15, -0.1) is 0 Å². The van der Waals surface area contributed by atoms with Gasteiger partial charge in [-0.25, -0.2) is 0 Å². The highest BCUT2D eigenvalue weighted by Gasteiger charge is 2.43. The first kappa shape index (κ1) is 11.2. The molecule has 0 unspecified atom stereocenters. The van der Waals surface area contributed by atoms with Gasteiger partial charge in [0.15, 0.2) is 0 Å². The lowest BCUT2D eigenvalue weighted by Crippen LogP contribution is -2.56. The predicted molar refractivity (Wildman–Crippen MR) is 51.4 cm³/mol. The van der Waals surface area contributed by atoms with E-state index in [0.717, 1.165) is 32.1 Å². The van der Waals surface area contributed by atoms with Crippen molar-refractivity contribution in [3.63, 3.8) is 0 Å². The SMILES string of the molecule is NC1(CN(CC(F)(F)F)C2CC2)CCC1. The highest BCUT2D eigenvalue weighted by atomic mass is 19.4. The molecule has 0 heterocycles. The van der Waals surface area contributed by atoms with Gasteiger partial charge in [-0.2, -0.15) is 13.2 Å². The Kier molecular flexibility index (Phi) is 2.71. The highest BCUT2D eigenvalue weighted by Crippen LogP contribution is 2.35. The molecule has 2 aliphatic rings. The summed E-state index contributed by atoms with van der Waals surface area (Å²) in [4.78, 5) is 1.53. The number of rotatable bonds is 4. The Morgan fingerprint density at radius 1 is 1.27 bits per heavy atom. The molecular weight excluding hydrogens is 205 g/mol. The van der Waals surface area contributed by atoms with Gasteiger partial charge in [-0.3, -0.25) is 4.90 Å². The zero-order chi connectivity index (χ0) is 11.1. The molecule has 2 aliphatic carbocycles. The van der Waals surface area contributed by atoms with E-state index in [9.17, 15) is 13.2 Å². The fraction of sp³-hybridized carbons (Fsp3) is 1.00. The van der Waals surface area contributed by atoms with Gasteiger partial charge in [0.25, 0.3) is 0 Å². The lowest BCUT2D eigenvalue weighted by atomic mass is 9.77. The molecule has 0 saturated heterocycles. The van der Waals surface area contributed by atoms with E-state index < -0.39 is 12.7 Å². The minimum atomic E-state index is -4.09. The summed E-state index contributed by atoms with van der Waals surface area (Å²) in [6, 6.07) is 0.132. The first-order chi connectivity index (χ1) is 6.88. The third kappa shape index (κ3) is 3.08. The Bertz CT molecular complexity index is 231. The molecule has 0 aromatic heterocycles. The first-order valence-electron chi connectivity index (χ1n) is 5.48. The van der Waals surface area contributed by atoms with Crippen LogP contribution in [0.4, 0.5) is 13.2 Å². The second-order valence-corrected chi connectivity index (χ2v) is 4.97. The molecule has 0 aliphatic heterocycles. The Balaban J connectivity index is 1.88. The Hall–Kier alpha value is -0.290. The fourth-order valence-electron chi connectivity index (χ4n) is 2.18. The van der Waals surface area contributed by atoms with Gasteiger partial charge >= 0.3 is 6.18 Å². The van der Waals surface area contributed by atoms with Gasteiger partial charge in [0.05, 0.1) is 6.54 Å². The zero-order valence-electron chi connectivity index (χ0n) is 8.69. The largest absolute Gasteiger partial charge is 0.401 e. The summed E-state index contributed by atoms with van der Waals surface area (Å²) in [5, 5.41) is 0. The van der Waals surface area contributed by atoms with Crippen molar-refractivity contribution in [3.8, 4) is 0 Å². The van der Waals surface area contributed by atoms with Gasteiger partial charge < -0.3 is 5.73 Å². The number of halogens is 3. The number of hydrogen-bond donors (Lipinski definition) is 1. The van der Waals surface area contributed by atoms with E-state index in [-0.39, 0.29) is 11.6 Å². The normalized spacial score (nSPS) is 25.4. The summed E-state index contributed by atoms with van der Waals surface area (Å²) in [6.45, 7) is -0.381. The van der Waals surface area contributed by atoms with E-state index in [1.54, 1.807) is 0 Å². The molecule has 0 radical (unpaired) electrons. The van der Waals surface area contributed by atoms with Gasteiger partial charge in [0, 0.05) is 18.1 Å². The van der Waals surface area contributed by atoms with Crippen LogP contribution < -0.4 is 5.73 Å². The van der Waals surface area contributed by atoms with Gasteiger partial charge in [-0.05, 0) is 32.1 Å². The zero-order valence-corrected chi connectivity index (χ0v) is 8.69. The van der Waals surface area contributed by atoms with E-state index in [4.69, 9.17) is 5.73 Å². The summed E-state index contributed by atoms with van der Waals surface area (Å²) in [5.74, 6) is 0. The summed E-state index contributed by atoms with van der Waals surface area (Å²) in [7, 11) is 0. The Labute approximate surface area is 87.6 Å². The van der Waals surface area contributed by atoms with Gasteiger partial charge in [0.1, 0.15) is 0 Å². The third-order valence-electron chi connectivity index (χ3n) is 3.31. The van der Waals surface area contributed by atoms with E-state index >= 15 is 0 Å². The molecule has 15 heavy (non-hydrogen) atoms. The number of hydrogen-bond acceptors (Lipinski definition) is 2. The monoisotopic (exact) mass is 222 g/mol. The van der Waals surface area contributed by atoms with Crippen LogP contribution in [-0.4, -0.2) is 35.7 Å². The number of alkyl halides is 3. The molecule has 5 heteroatoms. The topological polar surface area (TPSA) is 29.3 Å². The molecule has 2 nitrogen and oxygen atoms in total. The molecule has 0 spiro atoms. The lowest BCUT2D eigenvalue weighted by molar-refractivity contribution is -0.149. The third-order valence-corrected chi connectivity index (χ3v) is 3.31. The Morgan fingerprint density at radius 3 is 2.20 bits per heavy atom. The van der Waals surface area contributed by atoms with Crippen LogP contribution in [-0.2, 0) is 0 Å². The van der Waals surface area contributed by atoms with Crippen molar-refractivity contribution >= 4 is 0 Å². The second-order valence-electron chi connectivity index (χ2n) is 4.97. The maximum atomic E-state index is 12.3. The molecule has 0 aromatic carbocycles. The summed E-state index contributed by atoms with van der Waals surface area (Å²) >= 11 is 0. The van der Waals surface area contributed by atoms with Crippen molar-refractivity contribution in [1.29, 1.82) is 0 Å². The van der Waals surface area contributed by atoms with Crippen LogP contribution in [0.5, 0.6) is 0 Å². The quantitative estimate of drug-likeness (QED) is 0.787. The van der Waals surface area contributed by atoms with Gasteiger partial charge in [0.2, 0.25) is 0 Å². The smallest absolute Gasteiger partial charge is 0.324 e. The van der Waals surface area contributed by atoms with Crippen LogP contribution in [0.2, 0.25) is 0 Å². The molecule has 0 amide bonds. The van der Waals surface area contributed by atoms with Crippen molar-refractivity contribution in [2.75, 3.05) is 13.1 Å². The fourth-order valence-corrected chi connectivity index (χ4v) is 2.18. The summed E-state index contributed by atoms with van der Waals surface area (Å²) in [6.07, 6.45) is 0.490. The standard InChI is InChI=1S/C10H17F3N2/c11-10(12,13)7-15(8-2-3-8)6-9(14)4-1-5-9/h8H,1-7,14H2. The van der Waals surface area contributed by atoms with Crippen molar-refractivity contribution < 1.29 is 13.2 Å². The molecule has 2 fully saturated rings. The van der Waals surface area contributed by atoms with Crippen LogP contribution in [0.25, 0.3) is 0 Å². The molecule has 2 saturated carbocycles. The van der Waals surface area contributed by atoms with Crippen LogP contribution in [0.3, 0.4) is 0 Å². The minimum Gasteiger partial charge on any atom is -0.324 e. The maximum Gasteiger partial charge on any atom is 0.401 e. The molecule has 2 rings (SSSR count). The van der Waals surface area contributed by atoms with E-state index in [2.05, 4.69) is 0 Å².